The maximum Gasteiger partial charge on any atom is 0.472 e. The summed E-state index contributed by atoms with van der Waals surface area (Å²) >= 11 is 0. The lowest BCUT2D eigenvalue weighted by molar-refractivity contribution is -0.151. The lowest BCUT2D eigenvalue weighted by Crippen LogP contribution is -2.35. The van der Waals surface area contributed by atoms with Crippen molar-refractivity contribution in [3.63, 3.8) is 0 Å². The van der Waals surface area contributed by atoms with E-state index < -0.39 is 102 Å². The van der Waals surface area contributed by atoms with Gasteiger partial charge in [-0.3, -0.25) is 22.9 Å². The van der Waals surface area contributed by atoms with Crippen molar-refractivity contribution >= 4 is 45.2 Å². The second-order valence-electron chi connectivity index (χ2n) is 10.5. The second kappa shape index (κ2) is 14.8. The molecule has 0 aliphatic carbocycles. The Morgan fingerprint density at radius 2 is 1.12 bits per heavy atom. The maximum atomic E-state index is 13.0. The third kappa shape index (κ3) is 8.56. The Morgan fingerprint density at radius 1 is 0.762 bits per heavy atom. The predicted octanol–water partition coefficient (Wildman–Crippen LogP) is -1.60. The number of rotatable bonds is 15. The summed E-state index contributed by atoms with van der Waals surface area (Å²) in [6.45, 7) is 10.9. The van der Waals surface area contributed by atoms with Crippen molar-refractivity contribution in [1.29, 1.82) is 0 Å². The minimum atomic E-state index is -4.79. The van der Waals surface area contributed by atoms with E-state index in [2.05, 4.69) is 19.7 Å². The van der Waals surface area contributed by atoms with Gasteiger partial charge in [0.1, 0.15) is 60.2 Å². The molecule has 0 bridgehead atoms. The molecule has 3 aliphatic heterocycles. The molecule has 3 N–H and O–H groups in total. The van der Waals surface area contributed by atoms with Crippen molar-refractivity contribution in [1.82, 2.24) is 0 Å². The number of phosphoric ester groups is 2. The number of aliphatic hydroxyl groups excluding tert-OH is 1. The van der Waals surface area contributed by atoms with Crippen molar-refractivity contribution < 1.29 is 65.9 Å². The summed E-state index contributed by atoms with van der Waals surface area (Å²) in [6.07, 6.45) is -1.24. The van der Waals surface area contributed by atoms with Gasteiger partial charge in [-0.05, 0) is 0 Å². The number of ether oxygens (including phenoxy) is 4. The van der Waals surface area contributed by atoms with Gasteiger partial charge in [0.25, 0.3) is 0 Å². The number of esters is 1. The van der Waals surface area contributed by atoms with Crippen LogP contribution in [0.1, 0.15) is 6.92 Å². The van der Waals surface area contributed by atoms with Crippen LogP contribution < -0.4 is 0 Å². The molecule has 0 amide bonds. The van der Waals surface area contributed by atoms with Crippen molar-refractivity contribution in [3.8, 4) is 0 Å². The normalized spacial score (nSPS) is 41.0. The van der Waals surface area contributed by atoms with Gasteiger partial charge in [0.2, 0.25) is 0 Å². The Hall–Kier alpha value is -1.06. The summed E-state index contributed by atoms with van der Waals surface area (Å²) in [4.78, 5) is 32.6. The molecule has 234 valence electrons. The van der Waals surface area contributed by atoms with Crippen LogP contribution in [0.4, 0.5) is 0 Å². The lowest BCUT2D eigenvalue weighted by Gasteiger charge is -2.27. The monoisotopic (exact) mass is 634 g/mol. The van der Waals surface area contributed by atoms with E-state index in [0.717, 1.165) is 0 Å². The Kier molecular flexibility index (Phi) is 12.5. The first-order valence-corrected chi connectivity index (χ1v) is 16.6. The molecule has 0 aromatic carbocycles. The minimum absolute atomic E-state index is 0.359. The number of phosphoric acid groups is 2. The van der Waals surface area contributed by atoms with E-state index in [4.69, 9.17) is 37.0 Å². The van der Waals surface area contributed by atoms with Crippen molar-refractivity contribution in [2.45, 2.75) is 61.6 Å². The van der Waals surface area contributed by atoms with Crippen LogP contribution in [0, 0.1) is 17.8 Å². The SMILES string of the molecule is B[C@@H]1O[C@H](COP(=O)(O)O[C@@H]2C(C=C)[C@H](B)O[C@@H]2COP(=O)(O)O[C@@H]2C(C=C)[C@H](B)O[C@@H]2CO)[C@H](OC(C)=O)C1C=C. The minimum Gasteiger partial charge on any atom is -0.459 e. The predicted molar refractivity (Wildman–Crippen MR) is 157 cm³/mol. The van der Waals surface area contributed by atoms with Gasteiger partial charge < -0.3 is 33.8 Å². The van der Waals surface area contributed by atoms with Crippen molar-refractivity contribution in [2.75, 3.05) is 19.8 Å². The van der Waals surface area contributed by atoms with Crippen LogP contribution in [0.25, 0.3) is 0 Å². The molecular weight excluding hydrogens is 595 g/mol. The average Bonchev–Trinajstić information content (AvgIpc) is 3.49. The Morgan fingerprint density at radius 3 is 1.50 bits per heavy atom. The highest BCUT2D eigenvalue weighted by atomic mass is 31.2. The Labute approximate surface area is 248 Å². The van der Waals surface area contributed by atoms with Gasteiger partial charge >= 0.3 is 21.6 Å². The average molecular weight is 634 g/mol. The zero-order valence-electron chi connectivity index (χ0n) is 24.1. The summed E-state index contributed by atoms with van der Waals surface area (Å²) in [5.74, 6) is -2.01. The number of hydrogen-bond donors (Lipinski definition) is 3. The topological polar surface area (TPSA) is 186 Å². The van der Waals surface area contributed by atoms with E-state index in [1.54, 1.807) is 29.6 Å². The molecule has 0 aromatic rings. The first-order chi connectivity index (χ1) is 19.7. The van der Waals surface area contributed by atoms with Gasteiger partial charge in [0, 0.05) is 42.7 Å². The molecule has 42 heavy (non-hydrogen) atoms. The largest absolute Gasteiger partial charge is 0.472 e. The first kappa shape index (κ1) is 35.4. The van der Waals surface area contributed by atoms with E-state index in [1.165, 1.54) is 19.1 Å². The zero-order valence-corrected chi connectivity index (χ0v) is 25.9. The molecule has 0 saturated carbocycles. The lowest BCUT2D eigenvalue weighted by atomic mass is 9.85. The number of hydrogen-bond acceptors (Lipinski definition) is 12. The van der Waals surface area contributed by atoms with Gasteiger partial charge in [-0.2, -0.15) is 0 Å². The standard InChI is InChI=1S/C23H39B3O14P2/c1-5-12-18(35-11(4)28)16(37-21(12)24)9-33-42(31,32)40-20-14(7-3)23(26)38-17(20)10-34-41(29,30)39-19-13(6-2)22(25)36-15(19)8-27/h5-7,12-23,27H,1-3,8-10,24-26H2,4H3,(H,29,30)(H,31,32)/t12?,13?,14?,15-,16-,17-,18-,19-,20-,21-,22-,23-/m1/s1. The molecule has 0 radical (unpaired) electrons. The van der Waals surface area contributed by atoms with E-state index in [1.807, 2.05) is 0 Å². The Bertz CT molecular complexity index is 1080. The molecule has 3 fully saturated rings. The van der Waals surface area contributed by atoms with Crippen LogP contribution in [0.3, 0.4) is 0 Å². The summed E-state index contributed by atoms with van der Waals surface area (Å²) in [5.41, 5.74) is 0. The number of carbonyl (C=O) groups is 1. The molecule has 3 saturated heterocycles. The van der Waals surface area contributed by atoms with Gasteiger partial charge in [-0.1, -0.05) is 18.2 Å². The summed E-state index contributed by atoms with van der Waals surface area (Å²) in [7, 11) is -4.38. The molecule has 0 aromatic heterocycles. The Balaban J connectivity index is 1.65. The molecular formula is C23H39B3O14P2. The molecule has 14 atom stereocenters. The van der Waals surface area contributed by atoms with Gasteiger partial charge in [0.15, 0.2) is 0 Å². The summed E-state index contributed by atoms with van der Waals surface area (Å²) in [5, 5.41) is 9.61. The molecule has 0 spiro atoms. The van der Waals surface area contributed by atoms with E-state index in [0.29, 0.717) is 0 Å². The van der Waals surface area contributed by atoms with Crippen molar-refractivity contribution in [2.24, 2.45) is 17.8 Å². The number of carbonyl (C=O) groups excluding carboxylic acids is 1. The van der Waals surface area contributed by atoms with Crippen LogP contribution in [-0.4, -0.2) is 119 Å². The molecule has 3 rings (SSSR count). The molecule has 3 heterocycles. The van der Waals surface area contributed by atoms with Gasteiger partial charge in [0.05, 0.1) is 19.8 Å². The fraction of sp³-hybridized carbons (Fsp3) is 0.696. The van der Waals surface area contributed by atoms with Crippen LogP contribution in [0.15, 0.2) is 38.0 Å². The third-order valence-corrected chi connectivity index (χ3v) is 9.61. The number of aliphatic hydroxyl groups is 1. The molecule has 14 nitrogen and oxygen atoms in total. The van der Waals surface area contributed by atoms with Gasteiger partial charge in [-0.15, -0.1) is 19.7 Å². The van der Waals surface area contributed by atoms with Crippen LogP contribution >= 0.6 is 15.6 Å². The fourth-order valence-electron chi connectivity index (χ4n) is 5.60. The molecule has 3 aliphatic rings. The van der Waals surface area contributed by atoms with Crippen molar-refractivity contribution in [3.05, 3.63) is 38.0 Å². The second-order valence-corrected chi connectivity index (χ2v) is 13.3. The summed E-state index contributed by atoms with van der Waals surface area (Å²) in [6, 6.07) is -1.37. The van der Waals surface area contributed by atoms with E-state index in [9.17, 15) is 28.8 Å². The third-order valence-electron chi connectivity index (χ3n) is 7.64. The van der Waals surface area contributed by atoms with Crippen LogP contribution in [0.2, 0.25) is 0 Å². The van der Waals surface area contributed by atoms with E-state index >= 15 is 0 Å². The smallest absolute Gasteiger partial charge is 0.459 e. The highest BCUT2D eigenvalue weighted by Crippen LogP contribution is 2.52. The fourth-order valence-corrected chi connectivity index (χ4v) is 7.56. The molecule has 5 unspecified atom stereocenters. The van der Waals surface area contributed by atoms with Crippen LogP contribution in [-0.2, 0) is 51.0 Å². The highest BCUT2D eigenvalue weighted by molar-refractivity contribution is 7.47. The first-order valence-electron chi connectivity index (χ1n) is 13.6. The van der Waals surface area contributed by atoms with Gasteiger partial charge in [-0.25, -0.2) is 9.13 Å². The van der Waals surface area contributed by atoms with E-state index in [-0.39, 0.29) is 11.9 Å². The summed E-state index contributed by atoms with van der Waals surface area (Å²) < 4.78 is 69.6. The maximum absolute atomic E-state index is 13.0. The quantitative estimate of drug-likeness (QED) is 0.0810. The highest BCUT2D eigenvalue weighted by Gasteiger charge is 2.49. The van der Waals surface area contributed by atoms with Crippen LogP contribution in [0.5, 0.6) is 0 Å². The molecule has 19 heteroatoms. The zero-order chi connectivity index (χ0) is 31.4.